The third-order valence-corrected chi connectivity index (χ3v) is 8.41. The molecule has 9 heteroatoms. The summed E-state index contributed by atoms with van der Waals surface area (Å²) in [5.74, 6) is 0.539. The molecule has 0 aliphatic carbocycles. The number of sulfonamides is 1. The number of nitrogens with one attached hydrogen (secondary N) is 2. The van der Waals surface area contributed by atoms with E-state index in [1.807, 2.05) is 24.3 Å². The predicted molar refractivity (Wildman–Crippen MR) is 113 cm³/mol. The van der Waals surface area contributed by atoms with Gasteiger partial charge in [0.25, 0.3) is 10.0 Å². The van der Waals surface area contributed by atoms with E-state index in [9.17, 15) is 13.2 Å². The van der Waals surface area contributed by atoms with Crippen LogP contribution in [0.4, 0.5) is 0 Å². The number of carbonyl (C=O) groups is 1. The van der Waals surface area contributed by atoms with E-state index in [1.165, 1.54) is 15.6 Å². The molecule has 0 spiro atoms. The highest BCUT2D eigenvalue weighted by Gasteiger charge is 2.33. The van der Waals surface area contributed by atoms with Crippen molar-refractivity contribution >= 4 is 38.3 Å². The van der Waals surface area contributed by atoms with Crippen LogP contribution >= 0.6 is 11.3 Å². The van der Waals surface area contributed by atoms with Crippen molar-refractivity contribution < 1.29 is 13.2 Å². The lowest BCUT2D eigenvalue weighted by atomic mass is 9.99. The smallest absolute Gasteiger partial charge is 0.252 e. The molecule has 29 heavy (non-hydrogen) atoms. The summed E-state index contributed by atoms with van der Waals surface area (Å²) in [4.78, 5) is 20.4. The third kappa shape index (κ3) is 4.52. The number of hydrogen-bond acceptors (Lipinski definition) is 5. The van der Waals surface area contributed by atoms with E-state index in [4.69, 9.17) is 0 Å². The highest BCUT2D eigenvalue weighted by Crippen LogP contribution is 2.26. The summed E-state index contributed by atoms with van der Waals surface area (Å²) in [6.07, 6.45) is 2.93. The second-order valence-corrected chi connectivity index (χ2v) is 10.3. The minimum absolute atomic E-state index is 0.0688. The van der Waals surface area contributed by atoms with Crippen LogP contribution in [0, 0.1) is 5.92 Å². The van der Waals surface area contributed by atoms with Crippen LogP contribution in [0.3, 0.4) is 0 Å². The molecule has 0 saturated carbocycles. The summed E-state index contributed by atoms with van der Waals surface area (Å²) in [7, 11) is -3.50. The Morgan fingerprint density at radius 1 is 1.28 bits per heavy atom. The van der Waals surface area contributed by atoms with Gasteiger partial charge in [0.15, 0.2) is 0 Å². The molecule has 1 fully saturated rings. The van der Waals surface area contributed by atoms with Gasteiger partial charge >= 0.3 is 0 Å². The first kappa shape index (κ1) is 20.1. The fraction of sp³-hybridized carbons (Fsp3) is 0.400. The molecule has 1 saturated heterocycles. The maximum Gasteiger partial charge on any atom is 0.252 e. The molecule has 1 amide bonds. The molecule has 1 unspecified atom stereocenters. The van der Waals surface area contributed by atoms with Crippen LogP contribution in [-0.4, -0.2) is 48.2 Å². The number of benzene rings is 1. The largest absolute Gasteiger partial charge is 0.356 e. The maximum absolute atomic E-state index is 12.7. The van der Waals surface area contributed by atoms with Crippen LogP contribution in [-0.2, 0) is 21.2 Å². The predicted octanol–water partition coefficient (Wildman–Crippen LogP) is 2.77. The summed E-state index contributed by atoms with van der Waals surface area (Å²) in [5.41, 5.74) is 1.96. The SMILES string of the molecule is O=C(NCCCc1nc2ccccc2[nH]1)C1CCCN(S(=O)(=O)c2cccs2)C1. The van der Waals surface area contributed by atoms with E-state index in [-0.39, 0.29) is 18.4 Å². The molecule has 1 aliphatic heterocycles. The summed E-state index contributed by atoms with van der Waals surface area (Å²) in [6.45, 7) is 1.26. The lowest BCUT2D eigenvalue weighted by molar-refractivity contribution is -0.126. The van der Waals surface area contributed by atoms with Gasteiger partial charge in [-0.05, 0) is 42.8 Å². The van der Waals surface area contributed by atoms with Gasteiger partial charge in [-0.3, -0.25) is 4.79 Å². The number of aromatic nitrogens is 2. The van der Waals surface area contributed by atoms with Crippen molar-refractivity contribution in [1.82, 2.24) is 19.6 Å². The normalized spacial score (nSPS) is 18.1. The van der Waals surface area contributed by atoms with E-state index < -0.39 is 10.0 Å². The molecule has 154 valence electrons. The summed E-state index contributed by atoms with van der Waals surface area (Å²) >= 11 is 1.21. The minimum Gasteiger partial charge on any atom is -0.356 e. The Labute approximate surface area is 174 Å². The standard InChI is InChI=1S/C20H24N4O3S2/c25-20(21-11-3-9-18-22-16-7-1-2-8-17(16)23-18)15-6-4-12-24(14-15)29(26,27)19-10-5-13-28-19/h1-2,5,7-8,10,13,15H,3-4,6,9,11-12,14H2,(H,21,25)(H,22,23). The van der Waals surface area contributed by atoms with Crippen molar-refractivity contribution in [2.45, 2.75) is 29.9 Å². The number of para-hydroxylation sites is 2. The van der Waals surface area contributed by atoms with Crippen LogP contribution in [0.15, 0.2) is 46.0 Å². The van der Waals surface area contributed by atoms with Crippen LogP contribution in [0.25, 0.3) is 11.0 Å². The average molecular weight is 433 g/mol. The van der Waals surface area contributed by atoms with Gasteiger partial charge in [-0.15, -0.1) is 11.3 Å². The summed E-state index contributed by atoms with van der Waals surface area (Å²) < 4.78 is 27.2. The first-order valence-corrected chi connectivity index (χ1v) is 12.1. The molecular weight excluding hydrogens is 408 g/mol. The Morgan fingerprint density at radius 2 is 2.14 bits per heavy atom. The molecule has 0 bridgehead atoms. The first-order chi connectivity index (χ1) is 14.0. The van der Waals surface area contributed by atoms with E-state index in [0.29, 0.717) is 30.1 Å². The van der Waals surface area contributed by atoms with Crippen molar-refractivity contribution in [2.24, 2.45) is 5.92 Å². The number of hydrogen-bond donors (Lipinski definition) is 2. The molecule has 0 radical (unpaired) electrons. The quantitative estimate of drug-likeness (QED) is 0.561. The molecule has 3 heterocycles. The van der Waals surface area contributed by atoms with Gasteiger partial charge in [0.2, 0.25) is 5.91 Å². The maximum atomic E-state index is 12.7. The number of thiophene rings is 1. The molecular formula is C20H24N4O3S2. The fourth-order valence-corrected chi connectivity index (χ4v) is 6.32. The fourth-order valence-electron chi connectivity index (χ4n) is 3.65. The number of aromatic amines is 1. The zero-order valence-electron chi connectivity index (χ0n) is 16.0. The van der Waals surface area contributed by atoms with Crippen molar-refractivity contribution in [2.75, 3.05) is 19.6 Å². The van der Waals surface area contributed by atoms with Crippen molar-refractivity contribution in [3.63, 3.8) is 0 Å². The van der Waals surface area contributed by atoms with Crippen molar-refractivity contribution in [3.05, 3.63) is 47.6 Å². The Kier molecular flexibility index (Phi) is 5.98. The van der Waals surface area contributed by atoms with Crippen molar-refractivity contribution in [1.29, 1.82) is 0 Å². The Balaban J connectivity index is 1.27. The zero-order valence-corrected chi connectivity index (χ0v) is 17.6. The van der Waals surface area contributed by atoms with Gasteiger partial charge in [0.05, 0.1) is 17.0 Å². The van der Waals surface area contributed by atoms with E-state index >= 15 is 0 Å². The highest BCUT2D eigenvalue weighted by atomic mass is 32.2. The van der Waals surface area contributed by atoms with Crippen molar-refractivity contribution in [3.8, 4) is 0 Å². The second-order valence-electron chi connectivity index (χ2n) is 7.23. The number of carbonyl (C=O) groups excluding carboxylic acids is 1. The summed E-state index contributed by atoms with van der Waals surface area (Å²) in [6, 6.07) is 11.2. The third-order valence-electron chi connectivity index (χ3n) is 5.17. The Bertz CT molecular complexity index is 1040. The van der Waals surface area contributed by atoms with E-state index in [1.54, 1.807) is 17.5 Å². The van der Waals surface area contributed by atoms with Crippen LogP contribution in [0.1, 0.15) is 25.1 Å². The number of aryl methyl sites for hydroxylation is 1. The second kappa shape index (κ2) is 8.64. The van der Waals surface area contributed by atoms with E-state index in [0.717, 1.165) is 29.7 Å². The van der Waals surface area contributed by atoms with E-state index in [2.05, 4.69) is 15.3 Å². The monoisotopic (exact) mass is 432 g/mol. The molecule has 2 aromatic heterocycles. The number of imidazole rings is 1. The molecule has 2 N–H and O–H groups in total. The number of fused-ring (bicyclic) bond motifs is 1. The first-order valence-electron chi connectivity index (χ1n) is 9.79. The highest BCUT2D eigenvalue weighted by molar-refractivity contribution is 7.91. The lowest BCUT2D eigenvalue weighted by Gasteiger charge is -2.30. The minimum atomic E-state index is -3.50. The Morgan fingerprint density at radius 3 is 2.93 bits per heavy atom. The lowest BCUT2D eigenvalue weighted by Crippen LogP contribution is -2.45. The number of rotatable bonds is 7. The molecule has 4 rings (SSSR count). The Hall–Kier alpha value is -2.23. The average Bonchev–Trinajstić information content (AvgIpc) is 3.41. The summed E-state index contributed by atoms with van der Waals surface area (Å²) in [5, 5.41) is 4.72. The van der Waals surface area contributed by atoms with Gasteiger partial charge in [0.1, 0.15) is 10.0 Å². The van der Waals surface area contributed by atoms with Crippen LogP contribution < -0.4 is 5.32 Å². The van der Waals surface area contributed by atoms with Gasteiger partial charge in [0, 0.05) is 26.1 Å². The molecule has 1 aliphatic rings. The van der Waals surface area contributed by atoms with Crippen LogP contribution in [0.5, 0.6) is 0 Å². The van der Waals surface area contributed by atoms with Gasteiger partial charge in [-0.1, -0.05) is 18.2 Å². The zero-order chi connectivity index (χ0) is 20.3. The number of piperidine rings is 1. The number of amides is 1. The van der Waals surface area contributed by atoms with Gasteiger partial charge in [-0.25, -0.2) is 13.4 Å². The number of H-pyrrole nitrogens is 1. The molecule has 7 nitrogen and oxygen atoms in total. The van der Waals surface area contributed by atoms with Gasteiger partial charge < -0.3 is 10.3 Å². The molecule has 1 atom stereocenters. The van der Waals surface area contributed by atoms with Crippen LogP contribution in [0.2, 0.25) is 0 Å². The molecule has 1 aromatic carbocycles. The molecule has 3 aromatic rings. The van der Waals surface area contributed by atoms with Gasteiger partial charge in [-0.2, -0.15) is 4.31 Å². The number of nitrogens with zero attached hydrogens (tertiary/aromatic N) is 2. The topological polar surface area (TPSA) is 95.2 Å².